The van der Waals surface area contributed by atoms with Crippen molar-refractivity contribution < 1.29 is 9.90 Å². The van der Waals surface area contributed by atoms with Crippen LogP contribution in [0.2, 0.25) is 0 Å². The lowest BCUT2D eigenvalue weighted by Crippen LogP contribution is -2.46. The summed E-state index contributed by atoms with van der Waals surface area (Å²) in [5.74, 6) is -0.0312. The van der Waals surface area contributed by atoms with Gasteiger partial charge in [0.25, 0.3) is 5.91 Å². The van der Waals surface area contributed by atoms with E-state index >= 15 is 0 Å². The molecule has 0 radical (unpaired) electrons. The fourth-order valence-electron chi connectivity index (χ4n) is 2.55. The number of hydrogen-bond donors (Lipinski definition) is 1. The Hall–Kier alpha value is -0.140. The Balaban J connectivity index is 2.20. The molecule has 5 heteroatoms. The molecule has 3 nitrogen and oxygen atoms in total. The summed E-state index contributed by atoms with van der Waals surface area (Å²) in [7, 11) is 1.79. The van der Waals surface area contributed by atoms with Gasteiger partial charge < -0.3 is 10.0 Å². The number of aliphatic hydroxyl groups excluding tert-OH is 1. The molecule has 1 saturated carbocycles. The molecule has 104 valence electrons. The fourth-order valence-corrected chi connectivity index (χ4v) is 3.45. The maximum atomic E-state index is 12.5. The van der Waals surface area contributed by atoms with Crippen molar-refractivity contribution in [3.05, 3.63) is 31.8 Å². The second-order valence-corrected chi connectivity index (χ2v) is 7.06. The molecule has 1 fully saturated rings. The zero-order valence-electron chi connectivity index (χ0n) is 10.8. The molecule has 1 aliphatic carbocycles. The highest BCUT2D eigenvalue weighted by atomic mass is 127. The average Bonchev–Trinajstić information content (AvgIpc) is 2.40. The molecule has 0 saturated heterocycles. The number of rotatable bonds is 2. The number of hydrogen-bond acceptors (Lipinski definition) is 2. The van der Waals surface area contributed by atoms with Crippen LogP contribution < -0.4 is 0 Å². The van der Waals surface area contributed by atoms with Gasteiger partial charge in [-0.1, -0.05) is 12.8 Å². The number of halogens is 2. The van der Waals surface area contributed by atoms with Gasteiger partial charge in [0.05, 0.1) is 17.7 Å². The average molecular weight is 438 g/mol. The van der Waals surface area contributed by atoms with Gasteiger partial charge >= 0.3 is 0 Å². The molecular formula is C14H17BrINO2. The molecule has 1 N–H and O–H groups in total. The van der Waals surface area contributed by atoms with E-state index in [0.717, 1.165) is 33.7 Å². The summed E-state index contributed by atoms with van der Waals surface area (Å²) in [4.78, 5) is 14.2. The number of likely N-dealkylation sites (N-methyl/N-ethyl adjacent to an activating group) is 1. The van der Waals surface area contributed by atoms with E-state index in [1.165, 1.54) is 0 Å². The van der Waals surface area contributed by atoms with E-state index in [0.29, 0.717) is 5.56 Å². The zero-order valence-corrected chi connectivity index (χ0v) is 14.5. The topological polar surface area (TPSA) is 40.5 Å². The van der Waals surface area contributed by atoms with Crippen LogP contribution in [0.1, 0.15) is 36.0 Å². The van der Waals surface area contributed by atoms with Crippen LogP contribution in [0.3, 0.4) is 0 Å². The van der Waals surface area contributed by atoms with Crippen molar-refractivity contribution >= 4 is 44.4 Å². The van der Waals surface area contributed by atoms with Gasteiger partial charge in [0.1, 0.15) is 0 Å². The molecular weight excluding hydrogens is 421 g/mol. The highest BCUT2D eigenvalue weighted by Gasteiger charge is 2.30. The second-order valence-electron chi connectivity index (χ2n) is 4.96. The van der Waals surface area contributed by atoms with Crippen LogP contribution in [-0.4, -0.2) is 35.1 Å². The predicted octanol–water partition coefficient (Wildman–Crippen LogP) is 3.43. The Bertz CT molecular complexity index is 481. The Morgan fingerprint density at radius 3 is 2.79 bits per heavy atom. The Morgan fingerprint density at radius 2 is 2.11 bits per heavy atom. The molecule has 2 rings (SSSR count). The third kappa shape index (κ3) is 3.49. The van der Waals surface area contributed by atoms with Gasteiger partial charge in [-0.25, -0.2) is 0 Å². The van der Waals surface area contributed by atoms with Crippen molar-refractivity contribution in [3.63, 3.8) is 0 Å². The van der Waals surface area contributed by atoms with Crippen molar-refractivity contribution in [2.75, 3.05) is 7.05 Å². The van der Waals surface area contributed by atoms with E-state index in [1.807, 2.05) is 18.2 Å². The van der Waals surface area contributed by atoms with E-state index in [2.05, 4.69) is 38.5 Å². The van der Waals surface area contributed by atoms with Crippen LogP contribution in [0.5, 0.6) is 0 Å². The molecule has 1 aromatic rings. The SMILES string of the molecule is CN(C(=O)c1cc(I)ccc1Br)C1CCCCC1O. The molecule has 0 heterocycles. The van der Waals surface area contributed by atoms with Crippen molar-refractivity contribution in [3.8, 4) is 0 Å². The van der Waals surface area contributed by atoms with Crippen molar-refractivity contribution in [1.29, 1.82) is 0 Å². The summed E-state index contributed by atoms with van der Waals surface area (Å²) in [5.41, 5.74) is 0.659. The van der Waals surface area contributed by atoms with E-state index in [4.69, 9.17) is 0 Å². The van der Waals surface area contributed by atoms with Gasteiger partial charge in [0.2, 0.25) is 0 Å². The van der Waals surface area contributed by atoms with Gasteiger partial charge in [0.15, 0.2) is 0 Å². The molecule has 0 aromatic heterocycles. The largest absolute Gasteiger partial charge is 0.391 e. The van der Waals surface area contributed by atoms with E-state index < -0.39 is 6.10 Å². The first-order valence-electron chi connectivity index (χ1n) is 6.41. The number of amides is 1. The van der Waals surface area contributed by atoms with Crippen LogP contribution in [0.25, 0.3) is 0 Å². The van der Waals surface area contributed by atoms with Crippen molar-refractivity contribution in [2.45, 2.75) is 37.8 Å². The minimum Gasteiger partial charge on any atom is -0.391 e. The quantitative estimate of drug-likeness (QED) is 0.720. The summed E-state index contributed by atoms with van der Waals surface area (Å²) in [6.45, 7) is 0. The Morgan fingerprint density at radius 1 is 1.42 bits per heavy atom. The predicted molar refractivity (Wildman–Crippen MR) is 87.2 cm³/mol. The normalized spacial score (nSPS) is 23.2. The summed E-state index contributed by atoms with van der Waals surface area (Å²) >= 11 is 5.62. The van der Waals surface area contributed by atoms with Crippen LogP contribution in [0.15, 0.2) is 22.7 Å². The molecule has 0 spiro atoms. The second kappa shape index (κ2) is 6.54. The minimum absolute atomic E-state index is 0.0312. The van der Waals surface area contributed by atoms with Gasteiger partial charge in [-0.3, -0.25) is 4.79 Å². The third-order valence-corrected chi connectivity index (χ3v) is 5.03. The Labute approximate surface area is 135 Å². The maximum absolute atomic E-state index is 12.5. The summed E-state index contributed by atoms with van der Waals surface area (Å²) in [5, 5.41) is 10.1. The molecule has 0 bridgehead atoms. The number of aliphatic hydroxyl groups is 1. The van der Waals surface area contributed by atoms with Crippen molar-refractivity contribution in [2.24, 2.45) is 0 Å². The van der Waals surface area contributed by atoms with Crippen LogP contribution in [-0.2, 0) is 0 Å². The highest BCUT2D eigenvalue weighted by molar-refractivity contribution is 14.1. The number of carbonyl (C=O) groups is 1. The first-order valence-corrected chi connectivity index (χ1v) is 8.28. The fraction of sp³-hybridized carbons (Fsp3) is 0.500. The molecule has 2 unspecified atom stereocenters. The minimum atomic E-state index is -0.399. The number of carbonyl (C=O) groups excluding carboxylic acids is 1. The summed E-state index contributed by atoms with van der Waals surface area (Å²) < 4.78 is 1.83. The van der Waals surface area contributed by atoms with Crippen LogP contribution >= 0.6 is 38.5 Å². The summed E-state index contributed by atoms with van der Waals surface area (Å²) in [6, 6.07) is 5.65. The van der Waals surface area contributed by atoms with Crippen LogP contribution in [0.4, 0.5) is 0 Å². The van der Waals surface area contributed by atoms with E-state index in [1.54, 1.807) is 11.9 Å². The smallest absolute Gasteiger partial charge is 0.255 e. The number of benzene rings is 1. The third-order valence-electron chi connectivity index (χ3n) is 3.67. The lowest BCUT2D eigenvalue weighted by Gasteiger charge is -2.35. The highest BCUT2D eigenvalue weighted by Crippen LogP contribution is 2.26. The molecule has 1 aromatic carbocycles. The van der Waals surface area contributed by atoms with Crippen molar-refractivity contribution in [1.82, 2.24) is 4.90 Å². The number of nitrogens with zero attached hydrogens (tertiary/aromatic N) is 1. The monoisotopic (exact) mass is 437 g/mol. The molecule has 19 heavy (non-hydrogen) atoms. The molecule has 1 amide bonds. The standard InChI is InChI=1S/C14H17BrINO2/c1-17(12-4-2-3-5-13(12)18)14(19)10-8-9(16)6-7-11(10)15/h6-8,12-13,18H,2-5H2,1H3. The molecule has 1 aliphatic rings. The maximum Gasteiger partial charge on any atom is 0.255 e. The van der Waals surface area contributed by atoms with Gasteiger partial charge in [0, 0.05) is 15.1 Å². The lowest BCUT2D eigenvalue weighted by molar-refractivity contribution is 0.0267. The summed E-state index contributed by atoms with van der Waals surface area (Å²) in [6.07, 6.45) is 3.39. The van der Waals surface area contributed by atoms with Gasteiger partial charge in [-0.2, -0.15) is 0 Å². The van der Waals surface area contributed by atoms with Gasteiger partial charge in [-0.15, -0.1) is 0 Å². The van der Waals surface area contributed by atoms with E-state index in [-0.39, 0.29) is 11.9 Å². The lowest BCUT2D eigenvalue weighted by atomic mass is 9.91. The van der Waals surface area contributed by atoms with Crippen LogP contribution in [0, 0.1) is 3.57 Å². The Kier molecular flexibility index (Phi) is 5.25. The zero-order chi connectivity index (χ0) is 14.0. The molecule has 2 atom stereocenters. The molecule has 0 aliphatic heterocycles. The van der Waals surface area contributed by atoms with E-state index in [9.17, 15) is 9.90 Å². The first kappa shape index (κ1) is 15.3. The first-order chi connectivity index (χ1) is 9.00. The van der Waals surface area contributed by atoms with Gasteiger partial charge in [-0.05, 0) is 69.6 Å².